The van der Waals surface area contributed by atoms with E-state index in [0.717, 1.165) is 29.5 Å². The van der Waals surface area contributed by atoms with Crippen LogP contribution in [-0.4, -0.2) is 36.8 Å². The molecule has 5 aliphatic rings. The molecular formula is C44H67NO6S. The van der Waals surface area contributed by atoms with Crippen LogP contribution in [0.15, 0.2) is 17.7 Å². The molecule has 2 unspecified atom stereocenters. The van der Waals surface area contributed by atoms with Gasteiger partial charge in [-0.1, -0.05) is 59.6 Å². The second-order valence-electron chi connectivity index (χ2n) is 18.3. The van der Waals surface area contributed by atoms with E-state index in [2.05, 4.69) is 47.6 Å². The molecule has 4 fully saturated rings. The van der Waals surface area contributed by atoms with Crippen LogP contribution in [0.5, 0.6) is 11.5 Å². The summed E-state index contributed by atoms with van der Waals surface area (Å²) in [5.74, 6) is 2.31. The summed E-state index contributed by atoms with van der Waals surface area (Å²) in [5.41, 5.74) is 12.8. The summed E-state index contributed by atoms with van der Waals surface area (Å²) < 4.78 is 21.9. The highest BCUT2D eigenvalue weighted by Crippen LogP contribution is 2.72. The van der Waals surface area contributed by atoms with Gasteiger partial charge in [0.25, 0.3) is 0 Å². The first-order chi connectivity index (χ1) is 24.6. The van der Waals surface area contributed by atoms with Crippen molar-refractivity contribution in [2.45, 2.75) is 162 Å². The number of rotatable bonds is 8. The second kappa shape index (κ2) is 15.2. The number of thioether (sulfide) groups is 1. The van der Waals surface area contributed by atoms with E-state index in [9.17, 15) is 9.59 Å². The minimum Gasteiger partial charge on any atom is -0.434 e. The zero-order valence-corrected chi connectivity index (χ0v) is 34.5. The summed E-state index contributed by atoms with van der Waals surface area (Å²) in [4.78, 5) is 25.4. The van der Waals surface area contributed by atoms with E-state index < -0.39 is 12.3 Å². The summed E-state index contributed by atoms with van der Waals surface area (Å²) in [5, 5.41) is 0.424. The van der Waals surface area contributed by atoms with Crippen LogP contribution in [0.2, 0.25) is 0 Å². The average molecular weight is 738 g/mol. The maximum Gasteiger partial charge on any atom is 0.513 e. The number of hydrogen-bond donors (Lipinski definition) is 1. The summed E-state index contributed by atoms with van der Waals surface area (Å²) in [7, 11) is 0. The number of ether oxygens (including phenoxy) is 4. The van der Waals surface area contributed by atoms with E-state index in [1.165, 1.54) is 70.6 Å². The highest BCUT2D eigenvalue weighted by atomic mass is 32.2. The Bertz CT molecular complexity index is 1540. The largest absolute Gasteiger partial charge is 0.513 e. The Morgan fingerprint density at radius 2 is 1.56 bits per heavy atom. The molecule has 6 rings (SSSR count). The van der Waals surface area contributed by atoms with Crippen molar-refractivity contribution in [1.29, 1.82) is 0 Å². The molecule has 4 saturated carbocycles. The van der Waals surface area contributed by atoms with Gasteiger partial charge in [0.05, 0.1) is 13.2 Å². The van der Waals surface area contributed by atoms with Crippen molar-refractivity contribution in [2.24, 2.45) is 45.1 Å². The van der Waals surface area contributed by atoms with Gasteiger partial charge in [0.1, 0.15) is 0 Å². The number of carbonyl (C=O) groups excluding carboxylic acids is 2. The molecule has 0 saturated heterocycles. The van der Waals surface area contributed by atoms with Crippen molar-refractivity contribution >= 4 is 24.1 Å². The lowest BCUT2D eigenvalue weighted by molar-refractivity contribution is -0.121. The third-order valence-corrected chi connectivity index (χ3v) is 16.4. The van der Waals surface area contributed by atoms with Crippen molar-refractivity contribution in [3.05, 3.63) is 34.4 Å². The van der Waals surface area contributed by atoms with Crippen LogP contribution in [-0.2, 0) is 15.9 Å². The molecule has 7 nitrogen and oxygen atoms in total. The number of aryl methyl sites for hydroxylation is 1. The van der Waals surface area contributed by atoms with Crippen LogP contribution < -0.4 is 15.2 Å². The molecule has 0 radical (unpaired) electrons. The third-order valence-electron chi connectivity index (χ3n) is 15.2. The number of carbonyl (C=O) groups is 2. The predicted octanol–water partition coefficient (Wildman–Crippen LogP) is 11.7. The number of fused-ring (bicyclic) bond motifs is 6. The lowest BCUT2D eigenvalue weighted by Crippen LogP contribution is -2.57. The second-order valence-corrected chi connectivity index (χ2v) is 20.1. The molecule has 0 aliphatic heterocycles. The summed E-state index contributed by atoms with van der Waals surface area (Å²) >= 11 is 1.96. The van der Waals surface area contributed by atoms with Gasteiger partial charge in [0.15, 0.2) is 11.5 Å². The van der Waals surface area contributed by atoms with Gasteiger partial charge in [-0.15, -0.1) is 11.8 Å². The van der Waals surface area contributed by atoms with Crippen molar-refractivity contribution in [3.63, 3.8) is 0 Å². The molecule has 8 atom stereocenters. The first-order valence-electron chi connectivity index (χ1n) is 20.6. The Kier molecular flexibility index (Phi) is 11.5. The van der Waals surface area contributed by atoms with E-state index in [0.29, 0.717) is 34.5 Å². The van der Waals surface area contributed by atoms with Gasteiger partial charge in [0.2, 0.25) is 0 Å². The molecule has 0 heterocycles. The van der Waals surface area contributed by atoms with Crippen LogP contribution in [0.3, 0.4) is 0 Å². The van der Waals surface area contributed by atoms with Crippen molar-refractivity contribution in [2.75, 3.05) is 13.2 Å². The number of hydrogen-bond acceptors (Lipinski definition) is 8. The molecule has 0 spiro atoms. The zero-order chi connectivity index (χ0) is 37.6. The van der Waals surface area contributed by atoms with Crippen molar-refractivity contribution in [1.82, 2.24) is 0 Å². The lowest BCUT2D eigenvalue weighted by Gasteiger charge is -2.66. The summed E-state index contributed by atoms with van der Waals surface area (Å²) in [6.07, 6.45) is 16.9. The first kappa shape index (κ1) is 39.5. The molecule has 1 aromatic rings. The highest BCUT2D eigenvalue weighted by molar-refractivity contribution is 8.00. The van der Waals surface area contributed by atoms with Gasteiger partial charge < -0.3 is 24.7 Å². The van der Waals surface area contributed by atoms with Crippen LogP contribution in [0, 0.1) is 46.3 Å². The molecule has 8 heteroatoms. The topological polar surface area (TPSA) is 97.1 Å². The zero-order valence-electron chi connectivity index (χ0n) is 33.7. The fourth-order valence-electron chi connectivity index (χ4n) is 11.7. The standard InChI is InChI=1S/C44H67NO6S/c1-10-48-39(46)50-33-25-31-16-15-29-17-20-44(9)35-18-19-42(7,38(45)30-13-12-14-30)22-21-41(35,6)23-24-43(44,8)32(29)26-34(52-27(3)4)36(31)28(5)37(33)51-40(47)49-11-2/h25-27,29-30,34-35,38H,10-24,45H2,1-9H3/b32-26+/t29-,34?,35-,38?,41+,42-,43+,44-/m0/s1. The van der Waals surface area contributed by atoms with Crippen LogP contribution in [0.4, 0.5) is 9.59 Å². The summed E-state index contributed by atoms with van der Waals surface area (Å²) in [6, 6.07) is 2.24. The third kappa shape index (κ3) is 7.06. The van der Waals surface area contributed by atoms with Gasteiger partial charge >= 0.3 is 12.3 Å². The minimum atomic E-state index is -0.815. The van der Waals surface area contributed by atoms with E-state index >= 15 is 0 Å². The highest BCUT2D eigenvalue weighted by Gasteiger charge is 2.63. The number of allylic oxidation sites excluding steroid dienone is 1. The maximum atomic E-state index is 12.8. The first-order valence-corrected chi connectivity index (χ1v) is 21.5. The average Bonchev–Trinajstić information content (AvgIpc) is 3.18. The SMILES string of the molecule is CCOC(=O)Oc1cc2c(c(C)c1OC(=O)OCC)C(SC(C)C)/C=C1\[C@@H](CC2)CC[C@@]2(C)[C@H]3CC[C@](C)(C(N)C4CCC4)CC[C@]3(C)CC[C@]12C. The fraction of sp³-hybridized carbons (Fsp3) is 0.773. The Labute approximate surface area is 318 Å². The molecule has 52 heavy (non-hydrogen) atoms. The smallest absolute Gasteiger partial charge is 0.434 e. The van der Waals surface area contributed by atoms with Gasteiger partial charge in [-0.2, -0.15) is 0 Å². The molecule has 2 N–H and O–H groups in total. The fourth-order valence-corrected chi connectivity index (χ4v) is 13.0. The molecule has 0 amide bonds. The quantitative estimate of drug-likeness (QED) is 0.160. The van der Waals surface area contributed by atoms with Crippen LogP contribution in [0.1, 0.15) is 154 Å². The summed E-state index contributed by atoms with van der Waals surface area (Å²) in [6.45, 7) is 20.8. The van der Waals surface area contributed by atoms with E-state index in [1.807, 2.05) is 24.8 Å². The molecule has 0 aromatic heterocycles. The molecule has 0 bridgehead atoms. The van der Waals surface area contributed by atoms with Crippen molar-refractivity contribution in [3.8, 4) is 11.5 Å². The van der Waals surface area contributed by atoms with E-state index in [4.69, 9.17) is 24.7 Å². The number of benzene rings is 1. The van der Waals surface area contributed by atoms with Crippen molar-refractivity contribution < 1.29 is 28.5 Å². The monoisotopic (exact) mass is 737 g/mol. The Balaban J connectivity index is 1.41. The predicted molar refractivity (Wildman–Crippen MR) is 210 cm³/mol. The minimum absolute atomic E-state index is 0.0550. The molecule has 1 aromatic carbocycles. The molecule has 290 valence electrons. The van der Waals surface area contributed by atoms with Gasteiger partial charge in [0, 0.05) is 16.9 Å². The van der Waals surface area contributed by atoms with Gasteiger partial charge in [-0.05, 0) is 160 Å². The lowest BCUT2D eigenvalue weighted by atomic mass is 9.39. The van der Waals surface area contributed by atoms with Crippen LogP contribution in [0.25, 0.3) is 0 Å². The van der Waals surface area contributed by atoms with Gasteiger partial charge in [-0.25, -0.2) is 9.59 Å². The Morgan fingerprint density at radius 3 is 2.19 bits per heavy atom. The molecule has 5 aliphatic carbocycles. The maximum absolute atomic E-state index is 12.8. The van der Waals surface area contributed by atoms with Crippen LogP contribution >= 0.6 is 11.8 Å². The number of nitrogens with two attached hydrogens (primary N) is 1. The normalized spacial score (nSPS) is 36.1. The van der Waals surface area contributed by atoms with Gasteiger partial charge in [-0.3, -0.25) is 0 Å². The Morgan fingerprint density at radius 1 is 0.885 bits per heavy atom. The molecular weight excluding hydrogens is 671 g/mol. The van der Waals surface area contributed by atoms with E-state index in [-0.39, 0.29) is 46.2 Å². The van der Waals surface area contributed by atoms with E-state index in [1.54, 1.807) is 19.4 Å². The Hall–Kier alpha value is -2.19.